The minimum Gasteiger partial charge on any atom is -0.482 e. The van der Waals surface area contributed by atoms with E-state index in [2.05, 4.69) is 24.2 Å². The summed E-state index contributed by atoms with van der Waals surface area (Å²) >= 11 is 0. The molecule has 1 saturated heterocycles. The number of halogens is 1. The quantitative estimate of drug-likeness (QED) is 0.442. The summed E-state index contributed by atoms with van der Waals surface area (Å²) in [7, 11) is 2.10. The summed E-state index contributed by atoms with van der Waals surface area (Å²) in [6, 6.07) is 5.97. The minimum absolute atomic E-state index is 0.0233. The Labute approximate surface area is 190 Å². The first-order chi connectivity index (χ1) is 15.5. The van der Waals surface area contributed by atoms with Crippen molar-refractivity contribution >= 4 is 17.9 Å². The van der Waals surface area contributed by atoms with Crippen LogP contribution >= 0.6 is 0 Å². The van der Waals surface area contributed by atoms with Crippen molar-refractivity contribution < 1.29 is 18.7 Å². The monoisotopic (exact) mass is 445 g/mol. The van der Waals surface area contributed by atoms with E-state index in [9.17, 15) is 14.0 Å². The van der Waals surface area contributed by atoms with Gasteiger partial charge in [-0.25, -0.2) is 4.39 Å². The molecular weight excluding hydrogens is 409 g/mol. The van der Waals surface area contributed by atoms with Crippen LogP contribution in [0.4, 0.5) is 4.39 Å². The van der Waals surface area contributed by atoms with Gasteiger partial charge in [0.25, 0.3) is 5.91 Å². The molecule has 1 saturated carbocycles. The number of morpholine rings is 1. The van der Waals surface area contributed by atoms with Gasteiger partial charge in [-0.2, -0.15) is 0 Å². The third-order valence-electron chi connectivity index (χ3n) is 6.21. The number of fused-ring (bicyclic) bond motifs is 1. The fraction of sp³-hybridized carbons (Fsp3) is 0.600. The molecule has 7 heteroatoms. The second kappa shape index (κ2) is 12.0. The van der Waals surface area contributed by atoms with Gasteiger partial charge in [0.05, 0.1) is 6.04 Å². The highest BCUT2D eigenvalue weighted by molar-refractivity contribution is 5.98. The summed E-state index contributed by atoms with van der Waals surface area (Å²) in [5.41, 5.74) is 0.569. The molecule has 2 atom stereocenters. The Balaban J connectivity index is 1.60. The van der Waals surface area contributed by atoms with E-state index in [4.69, 9.17) is 4.74 Å². The molecule has 3 rings (SSSR count). The fourth-order valence-electron chi connectivity index (χ4n) is 4.44. The molecule has 176 valence electrons. The van der Waals surface area contributed by atoms with Gasteiger partial charge in [-0.3, -0.25) is 9.59 Å². The molecule has 32 heavy (non-hydrogen) atoms. The van der Waals surface area contributed by atoms with E-state index in [1.54, 1.807) is 23.1 Å². The molecule has 0 radical (unpaired) electrons. The molecule has 2 unspecified atom stereocenters. The molecule has 1 aromatic rings. The van der Waals surface area contributed by atoms with Gasteiger partial charge in [-0.05, 0) is 76.0 Å². The molecule has 0 bridgehead atoms. The van der Waals surface area contributed by atoms with Gasteiger partial charge in [0, 0.05) is 6.54 Å². The fourth-order valence-corrected chi connectivity index (χ4v) is 4.44. The lowest BCUT2D eigenvalue weighted by Crippen LogP contribution is -2.57. The molecule has 2 amide bonds. The molecule has 1 aromatic carbocycles. The van der Waals surface area contributed by atoms with E-state index >= 15 is 0 Å². The largest absolute Gasteiger partial charge is 0.482 e. The number of nitrogens with zero attached hydrogens (tertiary/aromatic N) is 2. The van der Waals surface area contributed by atoms with E-state index in [1.165, 1.54) is 25.0 Å². The van der Waals surface area contributed by atoms with Crippen LogP contribution in [0.5, 0.6) is 0 Å². The first-order valence-electron chi connectivity index (χ1n) is 11.9. The molecule has 1 aliphatic heterocycles. The Morgan fingerprint density at radius 1 is 1.28 bits per heavy atom. The molecule has 6 nitrogen and oxygen atoms in total. The molecule has 1 N–H and O–H groups in total. The number of carbonyl (C=O) groups excluding carboxylic acids is 2. The minimum atomic E-state index is -0.366. The SMILES string of the molecule is CCCCN(C)CCCNC(=O)CN1C(=O)/C(=C\c2cccc(F)c2)OC2CCCCC21. The first kappa shape index (κ1) is 24.2. The van der Waals surface area contributed by atoms with Crippen LogP contribution < -0.4 is 5.32 Å². The Kier molecular flexibility index (Phi) is 9.09. The number of rotatable bonds is 10. The highest BCUT2D eigenvalue weighted by atomic mass is 19.1. The van der Waals surface area contributed by atoms with Gasteiger partial charge in [0.1, 0.15) is 18.5 Å². The Hall–Kier alpha value is -2.41. The molecule has 0 aromatic heterocycles. The van der Waals surface area contributed by atoms with Crippen LogP contribution in [0.1, 0.15) is 57.4 Å². The maximum atomic E-state index is 13.6. The lowest BCUT2D eigenvalue weighted by Gasteiger charge is -2.44. The highest BCUT2D eigenvalue weighted by Crippen LogP contribution is 2.33. The molecular formula is C25H36FN3O3. The standard InChI is InChI=1S/C25H36FN3O3/c1-3-4-14-28(2)15-8-13-27-24(30)18-29-21-11-5-6-12-22(21)32-23(25(29)31)17-19-9-7-10-20(26)16-19/h7,9-10,16-17,21-22H,3-6,8,11-15,18H2,1-2H3,(H,27,30)/b23-17+. The van der Waals surface area contributed by atoms with Crippen LogP contribution in [0.25, 0.3) is 6.08 Å². The van der Waals surface area contributed by atoms with E-state index in [-0.39, 0.29) is 42.1 Å². The second-order valence-corrected chi connectivity index (χ2v) is 8.87. The number of ether oxygens (including phenoxy) is 1. The molecule has 2 aliphatic rings. The van der Waals surface area contributed by atoms with Crippen molar-refractivity contribution in [2.75, 3.05) is 33.2 Å². The van der Waals surface area contributed by atoms with Gasteiger partial charge in [0.2, 0.25) is 5.91 Å². The average Bonchev–Trinajstić information content (AvgIpc) is 2.78. The first-order valence-corrected chi connectivity index (χ1v) is 11.9. The smallest absolute Gasteiger partial charge is 0.289 e. The van der Waals surface area contributed by atoms with Crippen molar-refractivity contribution in [1.82, 2.24) is 15.1 Å². The third kappa shape index (κ3) is 6.79. The van der Waals surface area contributed by atoms with Crippen molar-refractivity contribution in [3.8, 4) is 0 Å². The number of hydrogen-bond acceptors (Lipinski definition) is 4. The van der Waals surface area contributed by atoms with Crippen LogP contribution in [-0.2, 0) is 14.3 Å². The van der Waals surface area contributed by atoms with Crippen molar-refractivity contribution in [3.05, 3.63) is 41.4 Å². The van der Waals surface area contributed by atoms with Crippen molar-refractivity contribution in [1.29, 1.82) is 0 Å². The average molecular weight is 446 g/mol. The van der Waals surface area contributed by atoms with Gasteiger partial charge in [-0.1, -0.05) is 31.9 Å². The predicted octanol–water partition coefficient (Wildman–Crippen LogP) is 3.57. The van der Waals surface area contributed by atoms with Gasteiger partial charge in [-0.15, -0.1) is 0 Å². The summed E-state index contributed by atoms with van der Waals surface area (Å²) in [6.07, 6.45) is 8.41. The summed E-state index contributed by atoms with van der Waals surface area (Å²) in [4.78, 5) is 29.7. The van der Waals surface area contributed by atoms with Crippen molar-refractivity contribution in [2.45, 2.75) is 64.0 Å². The second-order valence-electron chi connectivity index (χ2n) is 8.87. The Morgan fingerprint density at radius 3 is 2.84 bits per heavy atom. The number of hydrogen-bond donors (Lipinski definition) is 1. The van der Waals surface area contributed by atoms with Crippen LogP contribution in [0, 0.1) is 5.82 Å². The van der Waals surface area contributed by atoms with E-state index in [1.807, 2.05) is 0 Å². The Bertz CT molecular complexity index is 813. The van der Waals surface area contributed by atoms with Crippen molar-refractivity contribution in [2.24, 2.45) is 0 Å². The normalized spacial score (nSPS) is 22.1. The topological polar surface area (TPSA) is 61.9 Å². The maximum absolute atomic E-state index is 13.6. The molecule has 1 aliphatic carbocycles. The number of nitrogens with one attached hydrogen (secondary N) is 1. The number of unbranched alkanes of at least 4 members (excludes halogenated alkanes) is 1. The van der Waals surface area contributed by atoms with Gasteiger partial charge < -0.3 is 19.9 Å². The predicted molar refractivity (Wildman–Crippen MR) is 123 cm³/mol. The summed E-state index contributed by atoms with van der Waals surface area (Å²) < 4.78 is 19.6. The summed E-state index contributed by atoms with van der Waals surface area (Å²) in [5.74, 6) is -0.628. The van der Waals surface area contributed by atoms with Crippen LogP contribution in [0.15, 0.2) is 30.0 Å². The molecule has 1 heterocycles. The van der Waals surface area contributed by atoms with Crippen LogP contribution in [0.3, 0.4) is 0 Å². The zero-order valence-electron chi connectivity index (χ0n) is 19.3. The highest BCUT2D eigenvalue weighted by Gasteiger charge is 2.42. The third-order valence-corrected chi connectivity index (χ3v) is 6.21. The number of amides is 2. The lowest BCUT2D eigenvalue weighted by atomic mass is 9.89. The van der Waals surface area contributed by atoms with E-state index in [0.29, 0.717) is 12.1 Å². The Morgan fingerprint density at radius 2 is 2.06 bits per heavy atom. The van der Waals surface area contributed by atoms with Crippen molar-refractivity contribution in [3.63, 3.8) is 0 Å². The van der Waals surface area contributed by atoms with E-state index in [0.717, 1.165) is 45.2 Å². The van der Waals surface area contributed by atoms with Crippen LogP contribution in [-0.4, -0.2) is 67.0 Å². The zero-order valence-corrected chi connectivity index (χ0v) is 19.3. The van der Waals surface area contributed by atoms with Crippen LogP contribution in [0.2, 0.25) is 0 Å². The van der Waals surface area contributed by atoms with Gasteiger partial charge >= 0.3 is 0 Å². The summed E-state index contributed by atoms with van der Waals surface area (Å²) in [6.45, 7) is 4.79. The lowest BCUT2D eigenvalue weighted by molar-refractivity contribution is -0.151. The molecule has 2 fully saturated rings. The van der Waals surface area contributed by atoms with Gasteiger partial charge in [0.15, 0.2) is 5.76 Å². The molecule has 0 spiro atoms. The zero-order chi connectivity index (χ0) is 22.9. The summed E-state index contributed by atoms with van der Waals surface area (Å²) in [5, 5.41) is 2.96. The number of benzene rings is 1. The maximum Gasteiger partial charge on any atom is 0.289 e. The number of carbonyl (C=O) groups is 2. The van der Waals surface area contributed by atoms with E-state index < -0.39 is 0 Å².